The summed E-state index contributed by atoms with van der Waals surface area (Å²) in [5.41, 5.74) is 0.213. The number of nitrogens with one attached hydrogen (secondary N) is 1. The number of carbonyl (C=O) groups is 2. The van der Waals surface area contributed by atoms with Gasteiger partial charge in [-0.2, -0.15) is 11.8 Å². The largest absolute Gasteiger partial charge is 0.478 e. The molecule has 1 heterocycles. The minimum Gasteiger partial charge on any atom is -0.478 e. The van der Waals surface area contributed by atoms with Crippen molar-refractivity contribution in [3.8, 4) is 0 Å². The second-order valence-electron chi connectivity index (χ2n) is 4.68. The van der Waals surface area contributed by atoms with Gasteiger partial charge in [0.15, 0.2) is 0 Å². The lowest BCUT2D eigenvalue weighted by Crippen LogP contribution is -2.43. The number of halogens is 2. The van der Waals surface area contributed by atoms with Crippen molar-refractivity contribution in [2.24, 2.45) is 0 Å². The fourth-order valence-corrected chi connectivity index (χ4v) is 3.60. The fraction of sp³-hybridized carbons (Fsp3) is 0.385. The predicted molar refractivity (Wildman–Crippen MR) is 85.9 cm³/mol. The molecule has 2 rings (SSSR count). The van der Waals surface area contributed by atoms with E-state index in [1.54, 1.807) is 4.90 Å². The van der Waals surface area contributed by atoms with E-state index in [1.165, 1.54) is 12.1 Å². The number of anilines is 1. The van der Waals surface area contributed by atoms with E-state index in [0.29, 0.717) is 18.3 Å². The molecular formula is C13H14Cl2N2O3S. The molecule has 2 N–H and O–H groups in total. The molecule has 5 nitrogen and oxygen atoms in total. The summed E-state index contributed by atoms with van der Waals surface area (Å²) in [5.74, 6) is -0.243. The van der Waals surface area contributed by atoms with Crippen molar-refractivity contribution in [2.75, 3.05) is 24.2 Å². The Morgan fingerprint density at radius 1 is 1.38 bits per heavy atom. The molecule has 0 spiro atoms. The maximum absolute atomic E-state index is 12.2. The quantitative estimate of drug-likeness (QED) is 0.855. The first kappa shape index (κ1) is 16.3. The number of hydrogen-bond donors (Lipinski definition) is 2. The Bertz CT molecular complexity index is 560. The number of rotatable bonds is 2. The van der Waals surface area contributed by atoms with Crippen molar-refractivity contribution >= 4 is 52.7 Å². The lowest BCUT2D eigenvalue weighted by molar-refractivity contribution is 0.0697. The molecule has 0 saturated carbocycles. The summed E-state index contributed by atoms with van der Waals surface area (Å²) >= 11 is 13.8. The Morgan fingerprint density at radius 2 is 2.00 bits per heavy atom. The molecular weight excluding hydrogens is 335 g/mol. The third-order valence-corrected chi connectivity index (χ3v) is 4.78. The van der Waals surface area contributed by atoms with Gasteiger partial charge in [-0.1, -0.05) is 30.1 Å². The van der Waals surface area contributed by atoms with Crippen LogP contribution in [0.3, 0.4) is 0 Å². The van der Waals surface area contributed by atoms with E-state index < -0.39 is 5.97 Å². The smallest absolute Gasteiger partial charge is 0.335 e. The summed E-state index contributed by atoms with van der Waals surface area (Å²) in [6, 6.07) is 2.24. The Kier molecular flexibility index (Phi) is 5.24. The zero-order valence-corrected chi connectivity index (χ0v) is 13.6. The Hall–Kier alpha value is -1.11. The Morgan fingerprint density at radius 3 is 2.52 bits per heavy atom. The van der Waals surface area contributed by atoms with Crippen molar-refractivity contribution in [3.05, 3.63) is 27.7 Å². The fourth-order valence-electron chi connectivity index (χ4n) is 2.00. The van der Waals surface area contributed by atoms with Gasteiger partial charge in [-0.25, -0.2) is 9.59 Å². The molecule has 0 radical (unpaired) electrons. The summed E-state index contributed by atoms with van der Waals surface area (Å²) < 4.78 is 0. The molecule has 1 fully saturated rings. The summed E-state index contributed by atoms with van der Waals surface area (Å²) in [6.45, 7) is 3.37. The van der Waals surface area contributed by atoms with Gasteiger partial charge in [0.05, 0.1) is 21.3 Å². The minimum absolute atomic E-state index is 0.0222. The van der Waals surface area contributed by atoms with Crippen molar-refractivity contribution < 1.29 is 14.7 Å². The third kappa shape index (κ3) is 3.96. The van der Waals surface area contributed by atoms with Gasteiger partial charge in [0, 0.05) is 24.1 Å². The molecule has 0 aromatic heterocycles. The summed E-state index contributed by atoms with van der Waals surface area (Å²) in [5, 5.41) is 12.2. The van der Waals surface area contributed by atoms with Gasteiger partial charge in [-0.15, -0.1) is 0 Å². The predicted octanol–water partition coefficient (Wildman–Crippen LogP) is 3.66. The van der Waals surface area contributed by atoms with Crippen LogP contribution in [0.25, 0.3) is 0 Å². The molecule has 1 unspecified atom stereocenters. The molecule has 1 aliphatic heterocycles. The van der Waals surface area contributed by atoms with Gasteiger partial charge >= 0.3 is 12.0 Å². The standard InChI is InChI=1S/C13H14Cl2N2O3S/c1-7-6-17(2-3-21-7)13(20)16-11-9(14)4-8(12(18)19)5-10(11)15/h4-5,7H,2-3,6H2,1H3,(H,16,20)(H,18,19). The number of urea groups is 1. The highest BCUT2D eigenvalue weighted by Gasteiger charge is 2.23. The van der Waals surface area contributed by atoms with Crippen molar-refractivity contribution in [1.29, 1.82) is 0 Å². The number of carboxylic acid groups (broad SMARTS) is 1. The van der Waals surface area contributed by atoms with E-state index in [0.717, 1.165) is 5.75 Å². The van der Waals surface area contributed by atoms with Crippen LogP contribution in [0.15, 0.2) is 12.1 Å². The van der Waals surface area contributed by atoms with Crippen LogP contribution >= 0.6 is 35.0 Å². The second-order valence-corrected chi connectivity index (χ2v) is 7.04. The van der Waals surface area contributed by atoms with Crippen molar-refractivity contribution in [3.63, 3.8) is 0 Å². The van der Waals surface area contributed by atoms with Crippen LogP contribution in [0.4, 0.5) is 10.5 Å². The van der Waals surface area contributed by atoms with Crippen molar-refractivity contribution in [1.82, 2.24) is 4.90 Å². The van der Waals surface area contributed by atoms with Crippen LogP contribution in [0, 0.1) is 0 Å². The molecule has 0 bridgehead atoms. The number of carboxylic acids is 1. The molecule has 0 aliphatic carbocycles. The molecule has 21 heavy (non-hydrogen) atoms. The van der Waals surface area contributed by atoms with Gasteiger partial charge in [0.2, 0.25) is 0 Å². The SMILES string of the molecule is CC1CN(C(=O)Nc2c(Cl)cc(C(=O)O)cc2Cl)CCS1. The minimum atomic E-state index is -1.13. The molecule has 1 aromatic carbocycles. The highest BCUT2D eigenvalue weighted by Crippen LogP contribution is 2.32. The maximum atomic E-state index is 12.2. The third-order valence-electron chi connectivity index (χ3n) is 3.05. The van der Waals surface area contributed by atoms with Crippen LogP contribution < -0.4 is 5.32 Å². The van der Waals surface area contributed by atoms with Crippen LogP contribution in [-0.2, 0) is 0 Å². The topological polar surface area (TPSA) is 69.6 Å². The lowest BCUT2D eigenvalue weighted by Gasteiger charge is -2.30. The molecule has 114 valence electrons. The van der Waals surface area contributed by atoms with Crippen LogP contribution in [-0.4, -0.2) is 46.1 Å². The van der Waals surface area contributed by atoms with E-state index >= 15 is 0 Å². The molecule has 1 saturated heterocycles. The number of carbonyl (C=O) groups excluding carboxylic acids is 1. The summed E-state index contributed by atoms with van der Waals surface area (Å²) in [4.78, 5) is 24.8. The Balaban J connectivity index is 2.15. The second kappa shape index (κ2) is 6.77. The van der Waals surface area contributed by atoms with E-state index in [1.807, 2.05) is 11.8 Å². The monoisotopic (exact) mass is 348 g/mol. The van der Waals surface area contributed by atoms with Gasteiger partial charge in [-0.3, -0.25) is 0 Å². The maximum Gasteiger partial charge on any atom is 0.335 e. The average Bonchev–Trinajstić information content (AvgIpc) is 2.42. The zero-order chi connectivity index (χ0) is 15.6. The van der Waals surface area contributed by atoms with E-state index in [-0.39, 0.29) is 27.3 Å². The number of amides is 2. The highest BCUT2D eigenvalue weighted by molar-refractivity contribution is 7.99. The first-order chi connectivity index (χ1) is 9.88. The lowest BCUT2D eigenvalue weighted by atomic mass is 10.2. The molecule has 1 atom stereocenters. The van der Waals surface area contributed by atoms with Crippen LogP contribution in [0.2, 0.25) is 10.0 Å². The molecule has 1 aliphatic rings. The van der Waals surface area contributed by atoms with E-state index in [2.05, 4.69) is 12.2 Å². The highest BCUT2D eigenvalue weighted by atomic mass is 35.5. The molecule has 8 heteroatoms. The molecule has 1 aromatic rings. The number of hydrogen-bond acceptors (Lipinski definition) is 3. The van der Waals surface area contributed by atoms with Gasteiger partial charge in [-0.05, 0) is 12.1 Å². The first-order valence-electron chi connectivity index (χ1n) is 6.28. The van der Waals surface area contributed by atoms with Gasteiger partial charge in [0.1, 0.15) is 0 Å². The number of aromatic carboxylic acids is 1. The van der Waals surface area contributed by atoms with Crippen LogP contribution in [0.1, 0.15) is 17.3 Å². The summed E-state index contributed by atoms with van der Waals surface area (Å²) in [7, 11) is 0. The normalized spacial score (nSPS) is 18.4. The van der Waals surface area contributed by atoms with Crippen molar-refractivity contribution in [2.45, 2.75) is 12.2 Å². The van der Waals surface area contributed by atoms with Gasteiger partial charge < -0.3 is 15.3 Å². The zero-order valence-electron chi connectivity index (χ0n) is 11.2. The van der Waals surface area contributed by atoms with E-state index in [4.69, 9.17) is 28.3 Å². The van der Waals surface area contributed by atoms with Gasteiger partial charge in [0.25, 0.3) is 0 Å². The van der Waals surface area contributed by atoms with E-state index in [9.17, 15) is 9.59 Å². The first-order valence-corrected chi connectivity index (χ1v) is 8.09. The Labute approximate surface area is 136 Å². The number of thioether (sulfide) groups is 1. The number of nitrogens with zero attached hydrogens (tertiary/aromatic N) is 1. The number of benzene rings is 1. The summed E-state index contributed by atoms with van der Waals surface area (Å²) in [6.07, 6.45) is 0. The molecule has 2 amide bonds. The average molecular weight is 349 g/mol. The van der Waals surface area contributed by atoms with Crippen LogP contribution in [0.5, 0.6) is 0 Å².